The van der Waals surface area contributed by atoms with Gasteiger partial charge in [-0.2, -0.15) is 0 Å². The second-order valence-corrected chi connectivity index (χ2v) is 13.7. The molecule has 0 saturated carbocycles. The van der Waals surface area contributed by atoms with E-state index < -0.39 is 0 Å². The predicted molar refractivity (Wildman–Crippen MR) is 180 cm³/mol. The quantitative estimate of drug-likeness (QED) is 0.170. The van der Waals surface area contributed by atoms with E-state index in [1.54, 1.807) is 0 Å². The van der Waals surface area contributed by atoms with Gasteiger partial charge in [0, 0.05) is 34.5 Å². The average Bonchev–Trinajstić information content (AvgIpc) is 2.76. The molecule has 33 heavy (non-hydrogen) atoms. The molecule has 0 aliphatic rings. The maximum atomic E-state index is 12.6. The molecule has 2 N–H and O–H groups in total. The van der Waals surface area contributed by atoms with Crippen molar-refractivity contribution < 1.29 is 19.1 Å². The van der Waals surface area contributed by atoms with Crippen molar-refractivity contribution in [1.82, 2.24) is 4.90 Å². The zero-order valence-corrected chi connectivity index (χ0v) is 30.1. The Labute approximate surface area is 275 Å². The fourth-order valence-corrected chi connectivity index (χ4v) is 7.50. The van der Waals surface area contributed by atoms with Gasteiger partial charge in [-0.25, -0.2) is 9.59 Å². The monoisotopic (exact) mass is 1130 g/mol. The van der Waals surface area contributed by atoms with Crippen molar-refractivity contribution >= 4 is 147 Å². The number of ether oxygens (including phenoxy) is 2. The highest BCUT2D eigenvalue weighted by Crippen LogP contribution is 2.24. The highest BCUT2D eigenvalue weighted by molar-refractivity contribution is 14.1. The number of hydrogen-bond donors (Lipinski definition) is 1. The maximum Gasteiger partial charge on any atom is 0.339 e. The molecule has 0 amide bonds. The van der Waals surface area contributed by atoms with Crippen LogP contribution in [-0.4, -0.2) is 56.2 Å². The normalized spacial score (nSPS) is 11.0. The zero-order valence-electron chi connectivity index (χ0n) is 17.2. The molecule has 0 unspecified atom stereocenters. The summed E-state index contributed by atoms with van der Waals surface area (Å²) in [5.41, 5.74) is 6.83. The smallest absolute Gasteiger partial charge is 0.339 e. The van der Waals surface area contributed by atoms with Crippen LogP contribution < -0.4 is 5.73 Å². The van der Waals surface area contributed by atoms with Crippen LogP contribution in [0.5, 0.6) is 0 Å². The number of halogens is 6. The molecule has 2 aromatic rings. The van der Waals surface area contributed by atoms with E-state index in [1.165, 1.54) is 0 Å². The summed E-state index contributed by atoms with van der Waals surface area (Å²) in [5.74, 6) is -0.659. The minimum atomic E-state index is -0.330. The summed E-state index contributed by atoms with van der Waals surface area (Å²) in [6.45, 7) is 2.89. The molecule has 0 aromatic heterocycles. The number of hydrogen-bond acceptors (Lipinski definition) is 6. The zero-order chi connectivity index (χ0) is 24.5. The molecule has 0 bridgehead atoms. The van der Waals surface area contributed by atoms with Crippen LogP contribution in [0.3, 0.4) is 0 Å². The summed E-state index contributed by atoms with van der Waals surface area (Å²) >= 11 is 13.2. The summed E-state index contributed by atoms with van der Waals surface area (Å²) in [5, 5.41) is 0. The van der Waals surface area contributed by atoms with E-state index in [0.29, 0.717) is 30.8 Å². The first-order chi connectivity index (χ1) is 15.6. The molecule has 0 heterocycles. The largest absolute Gasteiger partial charge is 0.461 e. The Bertz CT molecular complexity index is 930. The van der Waals surface area contributed by atoms with Gasteiger partial charge in [0.1, 0.15) is 13.2 Å². The van der Waals surface area contributed by atoms with Gasteiger partial charge in [-0.1, -0.05) is 0 Å². The Kier molecular flexibility index (Phi) is 14.8. The van der Waals surface area contributed by atoms with Gasteiger partial charge >= 0.3 is 11.9 Å². The van der Waals surface area contributed by atoms with Gasteiger partial charge in [0.15, 0.2) is 0 Å². The van der Waals surface area contributed by atoms with Gasteiger partial charge in [0.05, 0.1) is 11.1 Å². The number of carbonyl (C=O) groups is 2. The van der Waals surface area contributed by atoms with E-state index in [9.17, 15) is 9.59 Å². The van der Waals surface area contributed by atoms with Crippen LogP contribution in [0.25, 0.3) is 0 Å². The van der Waals surface area contributed by atoms with Gasteiger partial charge < -0.3 is 15.2 Å². The molecule has 0 radical (unpaired) electrons. The lowest BCUT2D eigenvalue weighted by atomic mass is 10.2. The Hall–Kier alpha value is 1.68. The summed E-state index contributed by atoms with van der Waals surface area (Å²) in [7, 11) is 0. The van der Waals surface area contributed by atoms with Crippen LogP contribution in [0.2, 0.25) is 0 Å². The molecule has 6 nitrogen and oxygen atoms in total. The number of rotatable bonds is 11. The third-order valence-electron chi connectivity index (χ3n) is 4.39. The molecule has 0 saturated heterocycles. The molecule has 2 aromatic carbocycles. The van der Waals surface area contributed by atoms with Crippen molar-refractivity contribution in [2.24, 2.45) is 5.73 Å². The molecule has 0 aliphatic carbocycles. The first-order valence-electron chi connectivity index (χ1n) is 9.69. The number of esters is 2. The van der Waals surface area contributed by atoms with Crippen molar-refractivity contribution in [3.8, 4) is 0 Å². The van der Waals surface area contributed by atoms with Crippen LogP contribution in [0.1, 0.15) is 27.1 Å². The van der Waals surface area contributed by atoms with Crippen LogP contribution in [-0.2, 0) is 9.47 Å². The third kappa shape index (κ3) is 10.2. The molecular weight excluding hydrogens is 1110 g/mol. The number of benzene rings is 2. The molecule has 180 valence electrons. The fourth-order valence-electron chi connectivity index (χ4n) is 2.75. The first-order valence-corrected chi connectivity index (χ1v) is 16.2. The molecule has 2 rings (SSSR count). The van der Waals surface area contributed by atoms with Crippen LogP contribution in [0.4, 0.5) is 0 Å². The molecular formula is C21H20I6N2O4. The van der Waals surface area contributed by atoms with Gasteiger partial charge in [0.25, 0.3) is 0 Å². The number of nitrogens with two attached hydrogens (primary N) is 1. The minimum absolute atomic E-state index is 0.252. The van der Waals surface area contributed by atoms with E-state index >= 15 is 0 Å². The standard InChI is InChI=1S/C21H20I6N2O4/c22-12-8-14(18(26)16(24)10-12)20(30)32-6-4-29(3-1-2-28)5-7-33-21(31)15-9-13(23)11-17(25)19(15)27/h8-11H,1-7,28H2. The number of nitrogens with zero attached hydrogens (tertiary/aromatic N) is 1. The second kappa shape index (κ2) is 15.8. The van der Waals surface area contributed by atoms with E-state index in [1.807, 2.05) is 24.3 Å². The van der Waals surface area contributed by atoms with Gasteiger partial charge in [-0.3, -0.25) is 4.90 Å². The fraction of sp³-hybridized carbons (Fsp3) is 0.333. The van der Waals surface area contributed by atoms with Crippen LogP contribution >= 0.6 is 136 Å². The van der Waals surface area contributed by atoms with Crippen molar-refractivity contribution in [2.45, 2.75) is 6.42 Å². The average molecular weight is 1130 g/mol. The van der Waals surface area contributed by atoms with E-state index in [0.717, 1.165) is 34.4 Å². The van der Waals surface area contributed by atoms with Crippen LogP contribution in [0.15, 0.2) is 24.3 Å². The molecule has 0 spiro atoms. The SMILES string of the molecule is NCCCN(CCOC(=O)c1cc(I)cc(I)c1I)CCOC(=O)c1cc(I)cc(I)c1I. The lowest BCUT2D eigenvalue weighted by molar-refractivity contribution is 0.0394. The van der Waals surface area contributed by atoms with Gasteiger partial charge in [0.2, 0.25) is 0 Å². The van der Waals surface area contributed by atoms with Crippen molar-refractivity contribution in [3.63, 3.8) is 0 Å². The van der Waals surface area contributed by atoms with Crippen molar-refractivity contribution in [2.75, 3.05) is 39.4 Å². The van der Waals surface area contributed by atoms with E-state index in [4.69, 9.17) is 15.2 Å². The summed E-state index contributed by atoms with van der Waals surface area (Å²) in [6.07, 6.45) is 0.807. The van der Waals surface area contributed by atoms with Crippen molar-refractivity contribution in [1.29, 1.82) is 0 Å². The summed E-state index contributed by atoms with van der Waals surface area (Å²) in [4.78, 5) is 27.2. The Morgan fingerprint density at radius 2 is 1.15 bits per heavy atom. The minimum Gasteiger partial charge on any atom is -0.461 e. The number of carbonyl (C=O) groups excluding carboxylic acids is 2. The lowest BCUT2D eigenvalue weighted by Crippen LogP contribution is -2.34. The Morgan fingerprint density at radius 1 is 0.727 bits per heavy atom. The maximum absolute atomic E-state index is 12.6. The van der Waals surface area contributed by atoms with E-state index in [2.05, 4.69) is 140 Å². The van der Waals surface area contributed by atoms with Crippen molar-refractivity contribution in [3.05, 3.63) is 56.8 Å². The Morgan fingerprint density at radius 3 is 1.55 bits per heavy atom. The van der Waals surface area contributed by atoms with Crippen LogP contribution in [0, 0.1) is 21.4 Å². The van der Waals surface area contributed by atoms with Gasteiger partial charge in [-0.05, 0) is 179 Å². The highest BCUT2D eigenvalue weighted by atomic mass is 127. The third-order valence-corrected chi connectivity index (χ3v) is 11.7. The first kappa shape index (κ1) is 30.9. The predicted octanol–water partition coefficient (Wildman–Crippen LogP) is 5.98. The van der Waals surface area contributed by atoms with E-state index in [-0.39, 0.29) is 25.2 Å². The highest BCUT2D eigenvalue weighted by Gasteiger charge is 2.17. The summed E-state index contributed by atoms with van der Waals surface area (Å²) in [6, 6.07) is 7.72. The molecule has 0 fully saturated rings. The topological polar surface area (TPSA) is 81.9 Å². The lowest BCUT2D eigenvalue weighted by Gasteiger charge is -2.22. The molecule has 0 aliphatic heterocycles. The van der Waals surface area contributed by atoms with Gasteiger partial charge in [-0.15, -0.1) is 0 Å². The Balaban J connectivity index is 1.89. The molecule has 12 heteroatoms. The molecule has 0 atom stereocenters. The summed E-state index contributed by atoms with van der Waals surface area (Å²) < 4.78 is 16.9. The second-order valence-electron chi connectivity index (χ2n) is 6.75.